The molecule has 8 heteroatoms. The van der Waals surface area contributed by atoms with Crippen LogP contribution < -0.4 is 4.90 Å². The molecule has 1 aromatic rings. The normalized spacial score (nSPS) is 21.8. The zero-order valence-electron chi connectivity index (χ0n) is 9.30. The number of hydrogen-bond donors (Lipinski definition) is 0. The van der Waals surface area contributed by atoms with Gasteiger partial charge >= 0.3 is 0 Å². The lowest BCUT2D eigenvalue weighted by Crippen LogP contribution is -2.47. The van der Waals surface area contributed by atoms with Crippen LogP contribution >= 0.6 is 34.7 Å². The first-order valence-electron chi connectivity index (χ1n) is 5.21. The summed E-state index contributed by atoms with van der Waals surface area (Å²) in [5, 5.41) is 2.40. The summed E-state index contributed by atoms with van der Waals surface area (Å²) in [5.41, 5.74) is 0. The van der Waals surface area contributed by atoms with Crippen molar-refractivity contribution in [3.05, 3.63) is 10.5 Å². The van der Waals surface area contributed by atoms with Crippen molar-refractivity contribution in [2.75, 3.05) is 28.7 Å². The highest BCUT2D eigenvalue weighted by Gasteiger charge is 2.34. The minimum atomic E-state index is -3.08. The molecule has 0 bridgehead atoms. The van der Waals surface area contributed by atoms with Crippen LogP contribution in [0.5, 0.6) is 0 Å². The summed E-state index contributed by atoms with van der Waals surface area (Å²) in [4.78, 5) is 6.04. The number of hydrogen-bond acceptors (Lipinski definition) is 6. The molecular formula is C9H13ClN2O2S3. The quantitative estimate of drug-likeness (QED) is 0.855. The lowest BCUT2D eigenvalue weighted by atomic mass is 10.5. The van der Waals surface area contributed by atoms with E-state index in [1.807, 2.05) is 4.90 Å². The molecule has 0 spiro atoms. The maximum absolute atomic E-state index is 12.0. The van der Waals surface area contributed by atoms with E-state index in [9.17, 15) is 8.42 Å². The molecule has 0 saturated carbocycles. The van der Waals surface area contributed by atoms with Crippen LogP contribution in [0.1, 0.15) is 6.92 Å². The molecule has 0 aliphatic carbocycles. The SMILES string of the molecule is CCS(=O)(=O)C1CSCCN1c1nc(Cl)cs1. The second-order valence-corrected chi connectivity index (χ2v) is 8.45. The van der Waals surface area contributed by atoms with Crippen LogP contribution in [-0.4, -0.2) is 42.6 Å². The van der Waals surface area contributed by atoms with Crippen molar-refractivity contribution in [2.24, 2.45) is 0 Å². The molecule has 0 amide bonds. The fourth-order valence-corrected chi connectivity index (χ4v) is 5.73. The lowest BCUT2D eigenvalue weighted by Gasteiger charge is -2.34. The summed E-state index contributed by atoms with van der Waals surface area (Å²) in [5.74, 6) is 1.69. The van der Waals surface area contributed by atoms with Gasteiger partial charge in [-0.25, -0.2) is 13.4 Å². The van der Waals surface area contributed by atoms with Crippen LogP contribution in [0.3, 0.4) is 0 Å². The first kappa shape index (κ1) is 13.5. The largest absolute Gasteiger partial charge is 0.329 e. The Kier molecular flexibility index (Phi) is 4.22. The summed E-state index contributed by atoms with van der Waals surface area (Å²) in [6.07, 6.45) is 0. The smallest absolute Gasteiger partial charge is 0.187 e. The van der Waals surface area contributed by atoms with Gasteiger partial charge in [-0.3, -0.25) is 0 Å². The lowest BCUT2D eigenvalue weighted by molar-refractivity contribution is 0.579. The first-order valence-corrected chi connectivity index (χ1v) is 9.34. The zero-order chi connectivity index (χ0) is 12.5. The Labute approximate surface area is 114 Å². The van der Waals surface area contributed by atoms with Gasteiger partial charge in [-0.2, -0.15) is 11.8 Å². The van der Waals surface area contributed by atoms with Gasteiger partial charge in [0.25, 0.3) is 0 Å². The number of anilines is 1. The van der Waals surface area contributed by atoms with Crippen molar-refractivity contribution < 1.29 is 8.42 Å². The predicted octanol–water partition coefficient (Wildman–Crippen LogP) is 2.11. The Morgan fingerprint density at radius 2 is 2.41 bits per heavy atom. The van der Waals surface area contributed by atoms with E-state index in [1.165, 1.54) is 11.3 Å². The molecule has 0 N–H and O–H groups in total. The molecule has 1 aliphatic heterocycles. The van der Waals surface area contributed by atoms with Crippen molar-refractivity contribution in [1.29, 1.82) is 0 Å². The summed E-state index contributed by atoms with van der Waals surface area (Å²) in [6.45, 7) is 2.39. The zero-order valence-corrected chi connectivity index (χ0v) is 12.5. The summed E-state index contributed by atoms with van der Waals surface area (Å²) in [7, 11) is -3.08. The molecule has 96 valence electrons. The van der Waals surface area contributed by atoms with Crippen LogP contribution in [0.25, 0.3) is 0 Å². The maximum Gasteiger partial charge on any atom is 0.187 e. The fourth-order valence-electron chi connectivity index (χ4n) is 1.67. The highest BCUT2D eigenvalue weighted by molar-refractivity contribution is 8.01. The minimum absolute atomic E-state index is 0.161. The Balaban J connectivity index is 2.30. The third-order valence-electron chi connectivity index (χ3n) is 2.61. The number of thioether (sulfide) groups is 1. The van der Waals surface area contributed by atoms with Gasteiger partial charge in [0.1, 0.15) is 10.5 Å². The van der Waals surface area contributed by atoms with Gasteiger partial charge in [0.15, 0.2) is 15.0 Å². The highest BCUT2D eigenvalue weighted by Crippen LogP contribution is 2.30. The second-order valence-electron chi connectivity index (χ2n) is 3.63. The maximum atomic E-state index is 12.0. The first-order chi connectivity index (χ1) is 8.04. The average Bonchev–Trinajstić information content (AvgIpc) is 2.76. The van der Waals surface area contributed by atoms with Crippen LogP contribution in [0.4, 0.5) is 5.13 Å². The molecule has 1 atom stereocenters. The molecule has 17 heavy (non-hydrogen) atoms. The van der Waals surface area contributed by atoms with E-state index in [1.54, 1.807) is 24.1 Å². The Morgan fingerprint density at radius 1 is 1.65 bits per heavy atom. The standard InChI is InChI=1S/C9H13ClN2O2S3/c1-2-17(13,14)8-6-15-4-3-12(8)9-11-7(10)5-16-9/h5,8H,2-4,6H2,1H3. The van der Waals surface area contributed by atoms with Gasteiger partial charge in [-0.15, -0.1) is 11.3 Å². The van der Waals surface area contributed by atoms with Gasteiger partial charge < -0.3 is 4.90 Å². The van der Waals surface area contributed by atoms with Crippen LogP contribution in [-0.2, 0) is 9.84 Å². The molecule has 4 nitrogen and oxygen atoms in total. The van der Waals surface area contributed by atoms with Gasteiger partial charge in [0, 0.05) is 29.2 Å². The van der Waals surface area contributed by atoms with Crippen LogP contribution in [0.2, 0.25) is 5.15 Å². The summed E-state index contributed by atoms with van der Waals surface area (Å²) >= 11 is 8.86. The Bertz CT molecular complexity index is 488. The molecule has 2 heterocycles. The van der Waals surface area contributed by atoms with Gasteiger partial charge in [0.05, 0.1) is 0 Å². The van der Waals surface area contributed by atoms with E-state index in [4.69, 9.17) is 11.6 Å². The topological polar surface area (TPSA) is 50.3 Å². The van der Waals surface area contributed by atoms with Gasteiger partial charge in [0.2, 0.25) is 0 Å². The number of halogens is 1. The third kappa shape index (κ3) is 2.89. The fraction of sp³-hybridized carbons (Fsp3) is 0.667. The number of sulfone groups is 1. The van der Waals surface area contributed by atoms with Crippen molar-refractivity contribution in [3.63, 3.8) is 0 Å². The average molecular weight is 313 g/mol. The predicted molar refractivity (Wildman–Crippen MR) is 75.0 cm³/mol. The van der Waals surface area contributed by atoms with E-state index in [-0.39, 0.29) is 5.75 Å². The Morgan fingerprint density at radius 3 is 3.00 bits per heavy atom. The number of nitrogens with zero attached hydrogens (tertiary/aromatic N) is 2. The molecule has 1 aliphatic rings. The van der Waals surface area contributed by atoms with Crippen LogP contribution in [0.15, 0.2) is 5.38 Å². The van der Waals surface area contributed by atoms with Gasteiger partial charge in [-0.05, 0) is 0 Å². The molecule has 1 saturated heterocycles. The summed E-state index contributed by atoms with van der Waals surface area (Å²) < 4.78 is 24.1. The molecule has 1 unspecified atom stereocenters. The van der Waals surface area contributed by atoms with Crippen LogP contribution in [0, 0.1) is 0 Å². The second kappa shape index (κ2) is 5.34. The van der Waals surface area contributed by atoms with Crippen molar-refractivity contribution in [3.8, 4) is 0 Å². The molecular weight excluding hydrogens is 300 g/mol. The van der Waals surface area contributed by atoms with E-state index < -0.39 is 15.2 Å². The molecule has 0 radical (unpaired) electrons. The molecule has 0 aromatic carbocycles. The van der Waals surface area contributed by atoms with E-state index in [0.717, 1.165) is 5.75 Å². The third-order valence-corrected chi connectivity index (χ3v) is 7.10. The van der Waals surface area contributed by atoms with E-state index in [2.05, 4.69) is 4.98 Å². The number of rotatable bonds is 3. The molecule has 2 rings (SSSR count). The van der Waals surface area contributed by atoms with Crippen molar-refractivity contribution >= 4 is 49.7 Å². The molecule has 1 aromatic heterocycles. The monoisotopic (exact) mass is 312 g/mol. The summed E-state index contributed by atoms with van der Waals surface area (Å²) in [6, 6.07) is 0. The molecule has 1 fully saturated rings. The minimum Gasteiger partial charge on any atom is -0.329 e. The number of aromatic nitrogens is 1. The van der Waals surface area contributed by atoms with Crippen molar-refractivity contribution in [1.82, 2.24) is 4.98 Å². The highest BCUT2D eigenvalue weighted by atomic mass is 35.5. The van der Waals surface area contributed by atoms with Crippen molar-refractivity contribution in [2.45, 2.75) is 12.3 Å². The van der Waals surface area contributed by atoms with E-state index in [0.29, 0.717) is 22.6 Å². The van der Waals surface area contributed by atoms with E-state index >= 15 is 0 Å². The Hall–Kier alpha value is 0.0200. The number of thiazole rings is 1. The van der Waals surface area contributed by atoms with Gasteiger partial charge in [-0.1, -0.05) is 18.5 Å².